The van der Waals surface area contributed by atoms with Crippen molar-refractivity contribution in [3.63, 3.8) is 0 Å². The molecule has 0 heterocycles. The molecule has 0 N–H and O–H groups in total. The van der Waals surface area contributed by atoms with E-state index in [-0.39, 0.29) is 5.97 Å². The molecule has 0 saturated heterocycles. The number of benzene rings is 1. The largest absolute Gasteiger partial charge is 0.456 e. The van der Waals surface area contributed by atoms with Gasteiger partial charge >= 0.3 is 5.97 Å². The number of ether oxygens (including phenoxy) is 1. The third-order valence-electron chi connectivity index (χ3n) is 1.77. The highest BCUT2D eigenvalue weighted by Crippen LogP contribution is 2.13. The molecule has 0 saturated carbocycles. The predicted octanol–water partition coefficient (Wildman–Crippen LogP) is 3.07. The molecule has 0 bridgehead atoms. The van der Waals surface area contributed by atoms with Crippen LogP contribution in [0.3, 0.4) is 0 Å². The first-order chi connectivity index (χ1) is 6.92. The SMILES string of the molecule is CC(C)(C)OC(=O)c1ccc(CS)cc1. The van der Waals surface area contributed by atoms with Crippen molar-refractivity contribution in [2.75, 3.05) is 0 Å². The van der Waals surface area contributed by atoms with Crippen molar-refractivity contribution in [3.05, 3.63) is 35.4 Å². The second-order valence-corrected chi connectivity index (χ2v) is 4.67. The van der Waals surface area contributed by atoms with E-state index in [4.69, 9.17) is 4.74 Å². The molecule has 82 valence electrons. The normalized spacial score (nSPS) is 11.2. The van der Waals surface area contributed by atoms with Crippen LogP contribution in [0, 0.1) is 0 Å². The van der Waals surface area contributed by atoms with Crippen LogP contribution < -0.4 is 0 Å². The van der Waals surface area contributed by atoms with Gasteiger partial charge in [0.1, 0.15) is 5.60 Å². The summed E-state index contributed by atoms with van der Waals surface area (Å²) in [6.45, 7) is 5.56. The van der Waals surface area contributed by atoms with Gasteiger partial charge in [-0.15, -0.1) is 0 Å². The van der Waals surface area contributed by atoms with E-state index in [1.807, 2.05) is 32.9 Å². The van der Waals surface area contributed by atoms with E-state index >= 15 is 0 Å². The summed E-state index contributed by atoms with van der Waals surface area (Å²) in [5, 5.41) is 0. The minimum atomic E-state index is -0.445. The lowest BCUT2D eigenvalue weighted by Crippen LogP contribution is -2.23. The zero-order valence-electron chi connectivity index (χ0n) is 9.28. The van der Waals surface area contributed by atoms with E-state index in [9.17, 15) is 4.79 Å². The summed E-state index contributed by atoms with van der Waals surface area (Å²) in [7, 11) is 0. The lowest BCUT2D eigenvalue weighted by Gasteiger charge is -2.19. The molecule has 0 atom stereocenters. The molecule has 0 unspecified atom stereocenters. The van der Waals surface area contributed by atoms with E-state index in [0.29, 0.717) is 11.3 Å². The number of rotatable bonds is 2. The number of hydrogen-bond acceptors (Lipinski definition) is 3. The maximum atomic E-state index is 11.6. The summed E-state index contributed by atoms with van der Waals surface area (Å²) in [6.07, 6.45) is 0. The molecule has 1 rings (SSSR count). The van der Waals surface area contributed by atoms with E-state index in [2.05, 4.69) is 12.6 Å². The Morgan fingerprint density at radius 1 is 1.27 bits per heavy atom. The molecular weight excluding hydrogens is 208 g/mol. The van der Waals surface area contributed by atoms with Gasteiger partial charge in [0.2, 0.25) is 0 Å². The van der Waals surface area contributed by atoms with Gasteiger partial charge in [-0.2, -0.15) is 12.6 Å². The lowest BCUT2D eigenvalue weighted by molar-refractivity contribution is 0.00696. The number of thiol groups is 1. The fourth-order valence-electron chi connectivity index (χ4n) is 1.08. The highest BCUT2D eigenvalue weighted by Gasteiger charge is 2.17. The average molecular weight is 224 g/mol. The first kappa shape index (κ1) is 12.1. The fourth-order valence-corrected chi connectivity index (χ4v) is 1.29. The van der Waals surface area contributed by atoms with Gasteiger partial charge in [-0.1, -0.05) is 12.1 Å². The molecule has 0 aliphatic carbocycles. The topological polar surface area (TPSA) is 26.3 Å². The maximum Gasteiger partial charge on any atom is 0.338 e. The molecule has 0 aromatic heterocycles. The molecule has 2 nitrogen and oxygen atoms in total. The Bertz CT molecular complexity index is 336. The molecule has 0 spiro atoms. The monoisotopic (exact) mass is 224 g/mol. The molecule has 0 fully saturated rings. The van der Waals surface area contributed by atoms with Crippen molar-refractivity contribution in [2.45, 2.75) is 32.1 Å². The van der Waals surface area contributed by atoms with E-state index in [1.54, 1.807) is 12.1 Å². The number of esters is 1. The summed E-state index contributed by atoms with van der Waals surface area (Å²) in [4.78, 5) is 11.6. The van der Waals surface area contributed by atoms with Gasteiger partial charge in [-0.25, -0.2) is 4.79 Å². The summed E-state index contributed by atoms with van der Waals surface area (Å²) < 4.78 is 5.24. The highest BCUT2D eigenvalue weighted by molar-refractivity contribution is 7.79. The Morgan fingerprint density at radius 3 is 2.20 bits per heavy atom. The minimum Gasteiger partial charge on any atom is -0.456 e. The first-order valence-electron chi connectivity index (χ1n) is 4.85. The van der Waals surface area contributed by atoms with Gasteiger partial charge < -0.3 is 4.74 Å². The number of carbonyl (C=O) groups excluding carboxylic acids is 1. The zero-order valence-corrected chi connectivity index (χ0v) is 10.2. The Kier molecular flexibility index (Phi) is 3.80. The Balaban J connectivity index is 2.75. The fraction of sp³-hybridized carbons (Fsp3) is 0.417. The van der Waals surface area contributed by atoms with Crippen molar-refractivity contribution in [1.29, 1.82) is 0 Å². The minimum absolute atomic E-state index is 0.284. The molecule has 0 radical (unpaired) electrons. The van der Waals surface area contributed by atoms with Crippen LogP contribution in [0.15, 0.2) is 24.3 Å². The molecule has 0 amide bonds. The van der Waals surface area contributed by atoms with Crippen LogP contribution in [0.5, 0.6) is 0 Å². The quantitative estimate of drug-likeness (QED) is 0.617. The van der Waals surface area contributed by atoms with E-state index in [1.165, 1.54) is 0 Å². The summed E-state index contributed by atoms with van der Waals surface area (Å²) in [5.41, 5.74) is 1.22. The molecule has 0 aliphatic rings. The molecule has 1 aromatic rings. The molecule has 1 aromatic carbocycles. The van der Waals surface area contributed by atoms with Crippen LogP contribution in [0.4, 0.5) is 0 Å². The second-order valence-electron chi connectivity index (χ2n) is 4.36. The highest BCUT2D eigenvalue weighted by atomic mass is 32.1. The summed E-state index contributed by atoms with van der Waals surface area (Å²) in [5.74, 6) is 0.391. The standard InChI is InChI=1S/C12H16O2S/c1-12(2,3)14-11(13)10-6-4-9(8-15)5-7-10/h4-7,15H,8H2,1-3H3. The molecular formula is C12H16O2S. The van der Waals surface area contributed by atoms with Gasteiger partial charge in [-0.05, 0) is 38.5 Å². The summed E-state index contributed by atoms with van der Waals surface area (Å²) >= 11 is 4.15. The predicted molar refractivity (Wildman–Crippen MR) is 64.3 cm³/mol. The van der Waals surface area contributed by atoms with Crippen LogP contribution in [0.25, 0.3) is 0 Å². The Labute approximate surface area is 96.1 Å². The van der Waals surface area contributed by atoms with Crippen molar-refractivity contribution >= 4 is 18.6 Å². The van der Waals surface area contributed by atoms with Crippen LogP contribution in [0.1, 0.15) is 36.7 Å². The van der Waals surface area contributed by atoms with Crippen molar-refractivity contribution in [2.24, 2.45) is 0 Å². The third kappa shape index (κ3) is 3.96. The first-order valence-corrected chi connectivity index (χ1v) is 5.49. The smallest absolute Gasteiger partial charge is 0.338 e. The molecule has 0 aliphatic heterocycles. The maximum absolute atomic E-state index is 11.6. The Morgan fingerprint density at radius 2 is 1.80 bits per heavy atom. The van der Waals surface area contributed by atoms with Gasteiger partial charge in [0.05, 0.1) is 5.56 Å². The van der Waals surface area contributed by atoms with E-state index < -0.39 is 5.60 Å². The third-order valence-corrected chi connectivity index (χ3v) is 2.14. The van der Waals surface area contributed by atoms with Crippen LogP contribution in [-0.4, -0.2) is 11.6 Å². The van der Waals surface area contributed by atoms with Crippen molar-refractivity contribution < 1.29 is 9.53 Å². The van der Waals surface area contributed by atoms with Gasteiger partial charge in [0, 0.05) is 5.75 Å². The van der Waals surface area contributed by atoms with Crippen molar-refractivity contribution in [1.82, 2.24) is 0 Å². The Hall–Kier alpha value is -0.960. The van der Waals surface area contributed by atoms with Crippen LogP contribution >= 0.6 is 12.6 Å². The zero-order chi connectivity index (χ0) is 11.5. The van der Waals surface area contributed by atoms with Crippen LogP contribution in [0.2, 0.25) is 0 Å². The van der Waals surface area contributed by atoms with Gasteiger partial charge in [-0.3, -0.25) is 0 Å². The summed E-state index contributed by atoms with van der Waals surface area (Å²) in [6, 6.07) is 7.29. The number of carbonyl (C=O) groups is 1. The average Bonchev–Trinajstić information content (AvgIpc) is 2.15. The van der Waals surface area contributed by atoms with E-state index in [0.717, 1.165) is 5.56 Å². The second kappa shape index (κ2) is 4.71. The van der Waals surface area contributed by atoms with Crippen LogP contribution in [-0.2, 0) is 10.5 Å². The molecule has 3 heteroatoms. The van der Waals surface area contributed by atoms with Crippen molar-refractivity contribution in [3.8, 4) is 0 Å². The molecule has 15 heavy (non-hydrogen) atoms. The lowest BCUT2D eigenvalue weighted by atomic mass is 10.1. The van der Waals surface area contributed by atoms with Gasteiger partial charge in [0.15, 0.2) is 0 Å². The van der Waals surface area contributed by atoms with Gasteiger partial charge in [0.25, 0.3) is 0 Å². The number of hydrogen-bond donors (Lipinski definition) is 1.